The van der Waals surface area contributed by atoms with Crippen LogP contribution in [-0.2, 0) is 4.79 Å². The number of alkyl halides is 2. The van der Waals surface area contributed by atoms with E-state index in [9.17, 15) is 13.6 Å². The molecule has 1 saturated heterocycles. The van der Waals surface area contributed by atoms with E-state index >= 15 is 0 Å². The summed E-state index contributed by atoms with van der Waals surface area (Å²) in [5, 5.41) is 0. The van der Waals surface area contributed by atoms with Crippen LogP contribution in [0.1, 0.15) is 42.9 Å². The van der Waals surface area contributed by atoms with Crippen molar-refractivity contribution in [3.8, 4) is 0 Å². The van der Waals surface area contributed by atoms with E-state index < -0.39 is 6.43 Å². The molecule has 1 saturated carbocycles. The molecule has 0 spiro atoms. The number of nitrogens with two attached hydrogens (primary N) is 1. The van der Waals surface area contributed by atoms with Gasteiger partial charge in [-0.2, -0.15) is 0 Å². The van der Waals surface area contributed by atoms with E-state index in [-0.39, 0.29) is 23.6 Å². The van der Waals surface area contributed by atoms with Crippen molar-refractivity contribution < 1.29 is 13.6 Å². The van der Waals surface area contributed by atoms with Gasteiger partial charge in [0.25, 0.3) is 6.43 Å². The highest BCUT2D eigenvalue weighted by atomic mass is 19.3. The van der Waals surface area contributed by atoms with E-state index in [2.05, 4.69) is 0 Å². The molecule has 19 heavy (non-hydrogen) atoms. The van der Waals surface area contributed by atoms with Gasteiger partial charge in [-0.25, -0.2) is 8.78 Å². The van der Waals surface area contributed by atoms with Crippen molar-refractivity contribution >= 4 is 5.91 Å². The van der Waals surface area contributed by atoms with Crippen molar-refractivity contribution in [2.24, 2.45) is 5.73 Å². The summed E-state index contributed by atoms with van der Waals surface area (Å²) < 4.78 is 25.1. The molecule has 1 aromatic rings. The summed E-state index contributed by atoms with van der Waals surface area (Å²) in [6.45, 7) is 0. The normalized spacial score (nSPS) is 27.4. The highest BCUT2D eigenvalue weighted by molar-refractivity contribution is 5.81. The Morgan fingerprint density at radius 2 is 1.84 bits per heavy atom. The number of carbonyl (C=O) groups is 1. The lowest BCUT2D eigenvalue weighted by atomic mass is 9.99. The highest BCUT2D eigenvalue weighted by Gasteiger charge is 2.45. The van der Waals surface area contributed by atoms with Crippen molar-refractivity contribution in [2.45, 2.75) is 43.8 Å². The predicted molar refractivity (Wildman–Crippen MR) is 66.6 cm³/mol. The van der Waals surface area contributed by atoms with E-state index in [0.29, 0.717) is 12.5 Å². The summed E-state index contributed by atoms with van der Waals surface area (Å²) in [6, 6.07) is 6.05. The summed E-state index contributed by atoms with van der Waals surface area (Å²) in [5.74, 6) is 0.0814. The molecule has 1 aromatic carbocycles. The minimum atomic E-state index is -2.47. The molecule has 1 aliphatic heterocycles. The molecule has 1 amide bonds. The van der Waals surface area contributed by atoms with E-state index in [1.54, 1.807) is 12.1 Å². The maximum atomic E-state index is 12.5. The fourth-order valence-electron chi connectivity index (χ4n) is 2.81. The first-order chi connectivity index (χ1) is 9.08. The number of rotatable bonds is 3. The van der Waals surface area contributed by atoms with Crippen molar-refractivity contribution in [1.82, 2.24) is 4.90 Å². The Morgan fingerprint density at radius 3 is 2.37 bits per heavy atom. The Bertz CT molecular complexity index is 485. The van der Waals surface area contributed by atoms with Crippen LogP contribution >= 0.6 is 0 Å². The van der Waals surface area contributed by atoms with Crippen LogP contribution in [0.4, 0.5) is 8.78 Å². The van der Waals surface area contributed by atoms with E-state index in [1.165, 1.54) is 12.1 Å². The molecule has 2 unspecified atom stereocenters. The molecule has 1 aliphatic carbocycles. The monoisotopic (exact) mass is 266 g/mol. The third-order valence-electron chi connectivity index (χ3n) is 3.87. The van der Waals surface area contributed by atoms with Crippen LogP contribution in [-0.4, -0.2) is 22.9 Å². The molecule has 2 fully saturated rings. The van der Waals surface area contributed by atoms with Gasteiger partial charge in [0.2, 0.25) is 5.91 Å². The molecular weight excluding hydrogens is 250 g/mol. The maximum Gasteiger partial charge on any atom is 0.263 e. The van der Waals surface area contributed by atoms with Crippen LogP contribution in [0.5, 0.6) is 0 Å². The number of benzene rings is 1. The first-order valence-electron chi connectivity index (χ1n) is 6.52. The second-order valence-corrected chi connectivity index (χ2v) is 5.31. The van der Waals surface area contributed by atoms with Crippen LogP contribution in [0.2, 0.25) is 0 Å². The Hall–Kier alpha value is -1.49. The van der Waals surface area contributed by atoms with Gasteiger partial charge in [0.05, 0.1) is 6.04 Å². The summed E-state index contributed by atoms with van der Waals surface area (Å²) in [4.78, 5) is 13.8. The average Bonchev–Trinajstić information content (AvgIpc) is 3.15. The molecule has 3 rings (SSSR count). The lowest BCUT2D eigenvalue weighted by Gasteiger charge is -2.27. The Morgan fingerprint density at radius 1 is 1.21 bits per heavy atom. The van der Waals surface area contributed by atoms with E-state index in [1.807, 2.05) is 4.90 Å². The minimum absolute atomic E-state index is 0.000355. The molecule has 5 heteroatoms. The molecule has 1 heterocycles. The molecule has 102 valence electrons. The van der Waals surface area contributed by atoms with Gasteiger partial charge < -0.3 is 10.6 Å². The van der Waals surface area contributed by atoms with Crippen molar-refractivity contribution in [1.29, 1.82) is 0 Å². The Balaban J connectivity index is 1.88. The number of likely N-dealkylation sites (tertiary alicyclic amines) is 1. The average molecular weight is 266 g/mol. The summed E-state index contributed by atoms with van der Waals surface area (Å²) in [7, 11) is 0. The summed E-state index contributed by atoms with van der Waals surface area (Å²) >= 11 is 0. The zero-order valence-electron chi connectivity index (χ0n) is 10.4. The molecule has 3 nitrogen and oxygen atoms in total. The summed E-state index contributed by atoms with van der Waals surface area (Å²) in [5.41, 5.74) is 6.90. The molecular formula is C14H16F2N2O. The molecule has 0 bridgehead atoms. The maximum absolute atomic E-state index is 12.5. The van der Waals surface area contributed by atoms with Gasteiger partial charge in [-0.1, -0.05) is 24.3 Å². The lowest BCUT2D eigenvalue weighted by Crippen LogP contribution is -2.34. The zero-order chi connectivity index (χ0) is 13.6. The van der Waals surface area contributed by atoms with Crippen LogP contribution in [0.25, 0.3) is 0 Å². The molecule has 2 N–H and O–H groups in total. The first-order valence-corrected chi connectivity index (χ1v) is 6.52. The standard InChI is InChI=1S/C14H16F2N2O/c15-14(16)9-3-1-8(2-4-9)13-11(17)7-12(19)18(13)10-5-6-10/h1-4,10-11,13-14H,5-7,17H2. The smallest absolute Gasteiger partial charge is 0.263 e. The SMILES string of the molecule is NC1CC(=O)N(C2CC2)C1c1ccc(C(F)F)cc1. The van der Waals surface area contributed by atoms with Crippen molar-refractivity contribution in [3.63, 3.8) is 0 Å². The van der Waals surface area contributed by atoms with Gasteiger partial charge in [-0.3, -0.25) is 4.79 Å². The van der Waals surface area contributed by atoms with Gasteiger partial charge in [-0.05, 0) is 18.4 Å². The quantitative estimate of drug-likeness (QED) is 0.913. The van der Waals surface area contributed by atoms with Crippen LogP contribution in [0.3, 0.4) is 0 Å². The number of carbonyl (C=O) groups excluding carboxylic acids is 1. The second-order valence-electron chi connectivity index (χ2n) is 5.31. The molecule has 0 aromatic heterocycles. The summed E-state index contributed by atoms with van der Waals surface area (Å²) in [6.07, 6.45) is -0.0844. The number of nitrogens with zero attached hydrogens (tertiary/aromatic N) is 1. The molecule has 0 radical (unpaired) electrons. The highest BCUT2D eigenvalue weighted by Crippen LogP contribution is 2.41. The second kappa shape index (κ2) is 4.56. The lowest BCUT2D eigenvalue weighted by molar-refractivity contribution is -0.129. The third kappa shape index (κ3) is 2.23. The van der Waals surface area contributed by atoms with E-state index in [0.717, 1.165) is 18.4 Å². The number of amides is 1. The van der Waals surface area contributed by atoms with Gasteiger partial charge in [0, 0.05) is 24.1 Å². The topological polar surface area (TPSA) is 46.3 Å². The Labute approximate surface area is 110 Å². The number of hydrogen-bond donors (Lipinski definition) is 1. The fourth-order valence-corrected chi connectivity index (χ4v) is 2.81. The van der Waals surface area contributed by atoms with Crippen molar-refractivity contribution in [3.05, 3.63) is 35.4 Å². The first kappa shape index (κ1) is 12.5. The van der Waals surface area contributed by atoms with E-state index in [4.69, 9.17) is 5.73 Å². The number of halogens is 2. The zero-order valence-corrected chi connectivity index (χ0v) is 10.4. The molecule has 2 aliphatic rings. The van der Waals surface area contributed by atoms with Gasteiger partial charge in [0.1, 0.15) is 0 Å². The van der Waals surface area contributed by atoms with Gasteiger partial charge >= 0.3 is 0 Å². The number of hydrogen-bond acceptors (Lipinski definition) is 2. The minimum Gasteiger partial charge on any atom is -0.331 e. The molecule has 2 atom stereocenters. The largest absolute Gasteiger partial charge is 0.331 e. The van der Waals surface area contributed by atoms with Crippen LogP contribution < -0.4 is 5.73 Å². The predicted octanol–water partition coefficient (Wildman–Crippen LogP) is 2.39. The fraction of sp³-hybridized carbons (Fsp3) is 0.500. The van der Waals surface area contributed by atoms with Crippen LogP contribution in [0, 0.1) is 0 Å². The van der Waals surface area contributed by atoms with Crippen LogP contribution in [0.15, 0.2) is 24.3 Å². The van der Waals surface area contributed by atoms with Crippen molar-refractivity contribution in [2.75, 3.05) is 0 Å². The van der Waals surface area contributed by atoms with Gasteiger partial charge in [0.15, 0.2) is 0 Å². The van der Waals surface area contributed by atoms with Gasteiger partial charge in [-0.15, -0.1) is 0 Å². The third-order valence-corrected chi connectivity index (χ3v) is 3.87. The Kier molecular flexibility index (Phi) is 3.01.